The molecular weight excluding hydrogens is 380 g/mol. The molecular formula is C20H25ClN4O3. The van der Waals surface area contributed by atoms with Crippen molar-refractivity contribution in [2.24, 2.45) is 4.99 Å². The second-order valence-electron chi connectivity index (χ2n) is 6.92. The minimum absolute atomic E-state index is 0.0211. The van der Waals surface area contributed by atoms with E-state index in [0.717, 1.165) is 18.7 Å². The molecule has 4 N–H and O–H groups in total. The summed E-state index contributed by atoms with van der Waals surface area (Å²) < 4.78 is 0. The molecule has 1 aliphatic rings. The van der Waals surface area contributed by atoms with Gasteiger partial charge in [-0.3, -0.25) is 4.99 Å². The normalized spacial score (nSPS) is 20.6. The average molecular weight is 405 g/mol. The second kappa shape index (κ2) is 8.77. The molecule has 0 radical (unpaired) electrons. The van der Waals surface area contributed by atoms with E-state index in [1.54, 1.807) is 12.1 Å². The Morgan fingerprint density at radius 2 is 2.11 bits per heavy atom. The number of rotatable bonds is 5. The van der Waals surface area contributed by atoms with Gasteiger partial charge in [-0.2, -0.15) is 0 Å². The molecule has 0 spiro atoms. The maximum atomic E-state index is 10.2. The number of aliphatic hydroxyl groups is 1. The summed E-state index contributed by atoms with van der Waals surface area (Å²) in [6.45, 7) is 6.38. The third-order valence-electron chi connectivity index (χ3n) is 4.95. The maximum absolute atomic E-state index is 10.2. The maximum Gasteiger partial charge on any atom is 0.174 e. The van der Waals surface area contributed by atoms with Gasteiger partial charge in [-0.15, -0.1) is 0 Å². The van der Waals surface area contributed by atoms with Crippen LogP contribution in [-0.4, -0.2) is 63.3 Å². The summed E-state index contributed by atoms with van der Waals surface area (Å²) in [7, 11) is 0. The fraction of sp³-hybridized carbons (Fsp3) is 0.400. The molecule has 28 heavy (non-hydrogen) atoms. The number of phenolic OH excluding ortho intramolecular Hbond substituents is 1. The van der Waals surface area contributed by atoms with E-state index in [-0.39, 0.29) is 23.4 Å². The van der Waals surface area contributed by atoms with Gasteiger partial charge in [0.2, 0.25) is 0 Å². The number of benzene rings is 1. The SMILES string of the molecule is CCN1CCC(O)C(N=CNc2nc(-c3c(C)cc(Cl)cc3O)ccc2O)C1. The van der Waals surface area contributed by atoms with E-state index in [0.29, 0.717) is 29.2 Å². The molecule has 8 heteroatoms. The molecule has 2 unspecified atom stereocenters. The van der Waals surface area contributed by atoms with Crippen LogP contribution in [0.1, 0.15) is 18.9 Å². The number of piperidine rings is 1. The first-order valence-electron chi connectivity index (χ1n) is 9.27. The van der Waals surface area contributed by atoms with Gasteiger partial charge in [-0.05, 0) is 49.7 Å². The molecule has 1 aromatic carbocycles. The van der Waals surface area contributed by atoms with Gasteiger partial charge in [0.05, 0.1) is 24.2 Å². The lowest BCUT2D eigenvalue weighted by atomic mass is 10.0. The van der Waals surface area contributed by atoms with Crippen molar-refractivity contribution in [3.8, 4) is 22.8 Å². The summed E-state index contributed by atoms with van der Waals surface area (Å²) in [4.78, 5) is 11.0. The van der Waals surface area contributed by atoms with Crippen molar-refractivity contribution in [1.29, 1.82) is 0 Å². The molecule has 0 bridgehead atoms. The molecule has 2 heterocycles. The Morgan fingerprint density at radius 3 is 2.82 bits per heavy atom. The summed E-state index contributed by atoms with van der Waals surface area (Å²) in [5.41, 5.74) is 1.81. The van der Waals surface area contributed by atoms with E-state index in [1.807, 2.05) is 6.92 Å². The van der Waals surface area contributed by atoms with Gasteiger partial charge < -0.3 is 25.5 Å². The number of aliphatic hydroxyl groups excluding tert-OH is 1. The van der Waals surface area contributed by atoms with Crippen LogP contribution in [0, 0.1) is 6.92 Å². The number of aromatic hydroxyl groups is 2. The van der Waals surface area contributed by atoms with Crippen molar-refractivity contribution in [2.75, 3.05) is 25.0 Å². The van der Waals surface area contributed by atoms with Crippen LogP contribution in [0.2, 0.25) is 5.02 Å². The van der Waals surface area contributed by atoms with Crippen LogP contribution < -0.4 is 5.32 Å². The monoisotopic (exact) mass is 404 g/mol. The van der Waals surface area contributed by atoms with Gasteiger partial charge in [0, 0.05) is 23.7 Å². The molecule has 1 aromatic heterocycles. The molecule has 1 saturated heterocycles. The number of aromatic nitrogens is 1. The number of nitrogens with zero attached hydrogens (tertiary/aromatic N) is 3. The number of pyridine rings is 1. The first-order chi connectivity index (χ1) is 13.4. The number of likely N-dealkylation sites (tertiary alicyclic amines) is 1. The van der Waals surface area contributed by atoms with E-state index in [9.17, 15) is 15.3 Å². The summed E-state index contributed by atoms with van der Waals surface area (Å²) in [6.07, 6.45) is 1.65. The summed E-state index contributed by atoms with van der Waals surface area (Å²) in [6, 6.07) is 6.09. The molecule has 0 amide bonds. The molecule has 7 nitrogen and oxygen atoms in total. The number of aryl methyl sites for hydroxylation is 1. The van der Waals surface area contributed by atoms with Crippen LogP contribution in [0.4, 0.5) is 5.82 Å². The quantitative estimate of drug-likeness (QED) is 0.451. The van der Waals surface area contributed by atoms with Gasteiger partial charge in [0.25, 0.3) is 0 Å². The zero-order chi connectivity index (χ0) is 20.3. The molecule has 2 atom stereocenters. The first kappa shape index (κ1) is 20.4. The number of hydrogen-bond acceptors (Lipinski definition) is 6. The van der Waals surface area contributed by atoms with Crippen molar-refractivity contribution in [2.45, 2.75) is 32.4 Å². The van der Waals surface area contributed by atoms with Crippen molar-refractivity contribution in [1.82, 2.24) is 9.88 Å². The second-order valence-corrected chi connectivity index (χ2v) is 7.36. The third-order valence-corrected chi connectivity index (χ3v) is 5.17. The summed E-state index contributed by atoms with van der Waals surface area (Å²) in [5.74, 6) is 0.195. The van der Waals surface area contributed by atoms with E-state index in [4.69, 9.17) is 11.6 Å². The zero-order valence-corrected chi connectivity index (χ0v) is 16.7. The zero-order valence-electron chi connectivity index (χ0n) is 15.9. The fourth-order valence-corrected chi connectivity index (χ4v) is 3.64. The lowest BCUT2D eigenvalue weighted by Crippen LogP contribution is -2.45. The van der Waals surface area contributed by atoms with E-state index < -0.39 is 6.10 Å². The van der Waals surface area contributed by atoms with E-state index in [1.165, 1.54) is 18.5 Å². The first-order valence-corrected chi connectivity index (χ1v) is 9.65. The van der Waals surface area contributed by atoms with Crippen LogP contribution in [0.3, 0.4) is 0 Å². The van der Waals surface area contributed by atoms with Gasteiger partial charge in [-0.1, -0.05) is 18.5 Å². The van der Waals surface area contributed by atoms with Gasteiger partial charge in [-0.25, -0.2) is 4.98 Å². The van der Waals surface area contributed by atoms with Crippen molar-refractivity contribution in [3.63, 3.8) is 0 Å². The highest BCUT2D eigenvalue weighted by atomic mass is 35.5. The molecule has 3 rings (SSSR count). The molecule has 0 saturated carbocycles. The Morgan fingerprint density at radius 1 is 1.32 bits per heavy atom. The number of nitrogens with one attached hydrogen (secondary N) is 1. The van der Waals surface area contributed by atoms with Crippen LogP contribution in [0.25, 0.3) is 11.3 Å². The number of likely N-dealkylation sites (N-methyl/N-ethyl adjacent to an activating group) is 1. The highest BCUT2D eigenvalue weighted by Crippen LogP contribution is 2.36. The minimum atomic E-state index is -0.484. The molecule has 150 valence electrons. The largest absolute Gasteiger partial charge is 0.507 e. The number of phenols is 1. The number of halogens is 1. The summed E-state index contributed by atoms with van der Waals surface area (Å²) in [5, 5.41) is 33.8. The predicted molar refractivity (Wildman–Crippen MR) is 111 cm³/mol. The number of aliphatic imine (C=N–C) groups is 1. The summed E-state index contributed by atoms with van der Waals surface area (Å²) >= 11 is 5.97. The van der Waals surface area contributed by atoms with Crippen molar-refractivity contribution >= 4 is 23.8 Å². The standard InChI is InChI=1S/C20H25ClN4O3/c1-3-25-7-6-16(26)15(10-25)22-11-23-20-17(27)5-4-14(24-20)19-12(2)8-13(21)9-18(19)28/h4-5,8-9,11,15-16,26-28H,3,6-7,10H2,1-2H3,(H,22,23,24). The number of hydrogen-bond donors (Lipinski definition) is 4. The molecule has 2 aromatic rings. The molecule has 0 aliphatic carbocycles. The third kappa shape index (κ3) is 4.55. The average Bonchev–Trinajstić information content (AvgIpc) is 2.64. The highest BCUT2D eigenvalue weighted by molar-refractivity contribution is 6.31. The van der Waals surface area contributed by atoms with Crippen molar-refractivity contribution in [3.05, 3.63) is 34.9 Å². The Kier molecular flexibility index (Phi) is 6.39. The lowest BCUT2D eigenvalue weighted by molar-refractivity contribution is 0.0661. The van der Waals surface area contributed by atoms with Gasteiger partial charge in [0.1, 0.15) is 5.75 Å². The van der Waals surface area contributed by atoms with Crippen LogP contribution in [-0.2, 0) is 0 Å². The Bertz CT molecular complexity index is 852. The molecule has 1 fully saturated rings. The van der Waals surface area contributed by atoms with Crippen molar-refractivity contribution < 1.29 is 15.3 Å². The van der Waals surface area contributed by atoms with E-state index >= 15 is 0 Å². The Balaban J connectivity index is 1.79. The minimum Gasteiger partial charge on any atom is -0.507 e. The van der Waals surface area contributed by atoms with E-state index in [2.05, 4.69) is 27.1 Å². The Hall–Kier alpha value is -2.35. The van der Waals surface area contributed by atoms with Crippen LogP contribution in [0.5, 0.6) is 11.5 Å². The fourth-order valence-electron chi connectivity index (χ4n) is 3.37. The Labute approximate surface area is 169 Å². The lowest BCUT2D eigenvalue weighted by Gasteiger charge is -2.33. The highest BCUT2D eigenvalue weighted by Gasteiger charge is 2.26. The van der Waals surface area contributed by atoms with Crippen LogP contribution in [0.15, 0.2) is 29.3 Å². The predicted octanol–water partition coefficient (Wildman–Crippen LogP) is 3.02. The molecule has 1 aliphatic heterocycles. The topological polar surface area (TPSA) is 101 Å². The van der Waals surface area contributed by atoms with Gasteiger partial charge >= 0.3 is 0 Å². The van der Waals surface area contributed by atoms with Gasteiger partial charge in [0.15, 0.2) is 11.6 Å². The smallest absolute Gasteiger partial charge is 0.174 e. The van der Waals surface area contributed by atoms with Crippen LogP contribution >= 0.6 is 11.6 Å². The number of anilines is 1.